The van der Waals surface area contributed by atoms with Gasteiger partial charge in [0.2, 0.25) is 0 Å². The quantitative estimate of drug-likeness (QED) is 0.447. The summed E-state index contributed by atoms with van der Waals surface area (Å²) in [4.78, 5) is 31.9. The molecule has 202 valence electrons. The molecule has 3 aromatic rings. The van der Waals surface area contributed by atoms with E-state index in [2.05, 4.69) is 25.3 Å². The number of nitrogens with one attached hydrogen (secondary N) is 1. The van der Waals surface area contributed by atoms with Crippen molar-refractivity contribution in [1.29, 1.82) is 0 Å². The SMILES string of the molecule is Cc1ccc(-c2ncccn2)c(C(=O)N2C[C@@H](C)O[C@@H](C)[C@H]2CNc2ncc(C(F)(F)F)cc2C(F)F)n1. The molecule has 0 unspecified atom stereocenters. The zero-order valence-corrected chi connectivity index (χ0v) is 20.7. The Morgan fingerprint density at radius 3 is 2.55 bits per heavy atom. The number of anilines is 1. The van der Waals surface area contributed by atoms with Crippen LogP contribution in [0, 0.1) is 6.92 Å². The number of morpholine rings is 1. The molecule has 0 radical (unpaired) electrons. The van der Waals surface area contributed by atoms with Gasteiger partial charge in [-0.3, -0.25) is 4.79 Å². The molecule has 4 heterocycles. The fourth-order valence-electron chi connectivity index (χ4n) is 4.30. The highest BCUT2D eigenvalue weighted by Crippen LogP contribution is 2.34. The maximum absolute atomic E-state index is 13.9. The van der Waals surface area contributed by atoms with Crippen LogP contribution >= 0.6 is 0 Å². The number of nitrogens with zero attached hydrogens (tertiary/aromatic N) is 5. The lowest BCUT2D eigenvalue weighted by molar-refractivity contribution is -0.137. The van der Waals surface area contributed by atoms with Crippen molar-refractivity contribution in [2.24, 2.45) is 0 Å². The normalized spacial score (nSPS) is 20.0. The molecule has 3 aromatic heterocycles. The Balaban J connectivity index is 1.65. The molecular formula is C25H25F5N6O2. The third-order valence-corrected chi connectivity index (χ3v) is 6.11. The number of carbonyl (C=O) groups is 1. The predicted molar refractivity (Wildman–Crippen MR) is 128 cm³/mol. The molecule has 0 saturated carbocycles. The van der Waals surface area contributed by atoms with Crippen LogP contribution in [-0.2, 0) is 10.9 Å². The van der Waals surface area contributed by atoms with Crippen molar-refractivity contribution in [3.8, 4) is 11.4 Å². The molecule has 0 aromatic carbocycles. The summed E-state index contributed by atoms with van der Waals surface area (Å²) in [5.74, 6) is -0.541. The van der Waals surface area contributed by atoms with Crippen LogP contribution in [0.3, 0.4) is 0 Å². The van der Waals surface area contributed by atoms with E-state index in [0.717, 1.165) is 0 Å². The third-order valence-electron chi connectivity index (χ3n) is 6.11. The van der Waals surface area contributed by atoms with Gasteiger partial charge in [-0.15, -0.1) is 0 Å². The number of aromatic nitrogens is 4. The summed E-state index contributed by atoms with van der Waals surface area (Å²) in [5.41, 5.74) is -1.04. The van der Waals surface area contributed by atoms with Crippen LogP contribution in [0.25, 0.3) is 11.4 Å². The van der Waals surface area contributed by atoms with Gasteiger partial charge in [0.25, 0.3) is 12.3 Å². The molecule has 3 atom stereocenters. The molecule has 38 heavy (non-hydrogen) atoms. The molecule has 13 heteroatoms. The number of hydrogen-bond donors (Lipinski definition) is 1. The minimum Gasteiger partial charge on any atom is -0.372 e. The molecule has 0 spiro atoms. The van der Waals surface area contributed by atoms with Crippen LogP contribution in [0.5, 0.6) is 0 Å². The molecule has 1 saturated heterocycles. The standard InChI is InChI=1S/C25H25F5N6O2/c1-13-5-6-17(22-31-7-4-8-32-22)20(35-13)24(37)36-12-14(2)38-15(3)19(36)11-34-23-18(21(26)27)9-16(10-33-23)25(28,29)30/h4-10,14-15,19,21H,11-12H2,1-3H3,(H,33,34)/t14-,15+,19-/m1/s1. The lowest BCUT2D eigenvalue weighted by atomic mass is 10.0. The number of rotatable bonds is 6. The fourth-order valence-corrected chi connectivity index (χ4v) is 4.30. The van der Waals surface area contributed by atoms with Crippen LogP contribution in [0.2, 0.25) is 0 Å². The summed E-state index contributed by atoms with van der Waals surface area (Å²) >= 11 is 0. The highest BCUT2D eigenvalue weighted by molar-refractivity contribution is 5.98. The van der Waals surface area contributed by atoms with Gasteiger partial charge in [0.05, 0.1) is 34.9 Å². The molecule has 1 aliphatic rings. The van der Waals surface area contributed by atoms with E-state index in [9.17, 15) is 26.7 Å². The van der Waals surface area contributed by atoms with Crippen LogP contribution in [-0.4, -0.2) is 62.1 Å². The van der Waals surface area contributed by atoms with E-state index in [1.54, 1.807) is 51.4 Å². The molecule has 1 N–H and O–H groups in total. The van der Waals surface area contributed by atoms with Crippen LogP contribution in [0.15, 0.2) is 42.9 Å². The van der Waals surface area contributed by atoms with Crippen LogP contribution < -0.4 is 5.32 Å². The van der Waals surface area contributed by atoms with E-state index in [0.29, 0.717) is 29.3 Å². The minimum absolute atomic E-state index is 0.110. The molecule has 0 bridgehead atoms. The van der Waals surface area contributed by atoms with Gasteiger partial charge in [0.1, 0.15) is 11.5 Å². The number of amides is 1. The van der Waals surface area contributed by atoms with E-state index < -0.39 is 47.6 Å². The smallest absolute Gasteiger partial charge is 0.372 e. The topological polar surface area (TPSA) is 93.1 Å². The maximum Gasteiger partial charge on any atom is 0.417 e. The van der Waals surface area contributed by atoms with E-state index >= 15 is 0 Å². The zero-order valence-electron chi connectivity index (χ0n) is 20.7. The number of pyridine rings is 2. The van der Waals surface area contributed by atoms with Crippen molar-refractivity contribution in [3.63, 3.8) is 0 Å². The Kier molecular flexibility index (Phi) is 7.86. The highest BCUT2D eigenvalue weighted by atomic mass is 19.4. The van der Waals surface area contributed by atoms with Crippen molar-refractivity contribution in [2.75, 3.05) is 18.4 Å². The lowest BCUT2D eigenvalue weighted by Crippen LogP contribution is -2.58. The minimum atomic E-state index is -4.82. The molecule has 1 amide bonds. The molecule has 0 aliphatic carbocycles. The van der Waals surface area contributed by atoms with Crippen molar-refractivity contribution in [3.05, 3.63) is 65.4 Å². The average Bonchev–Trinajstić information content (AvgIpc) is 2.87. The fraction of sp³-hybridized carbons (Fsp3) is 0.400. The first-order valence-corrected chi connectivity index (χ1v) is 11.8. The number of halogens is 5. The summed E-state index contributed by atoms with van der Waals surface area (Å²) in [5, 5.41) is 2.70. The van der Waals surface area contributed by atoms with E-state index in [1.807, 2.05) is 0 Å². The summed E-state index contributed by atoms with van der Waals surface area (Å²) < 4.78 is 72.2. The Labute approximate surface area is 215 Å². The number of aryl methyl sites for hydroxylation is 1. The molecule has 1 aliphatic heterocycles. The van der Waals surface area contributed by atoms with Gasteiger partial charge in [-0.05, 0) is 45.0 Å². The van der Waals surface area contributed by atoms with Crippen molar-refractivity contribution >= 4 is 11.7 Å². The van der Waals surface area contributed by atoms with Gasteiger partial charge < -0.3 is 15.0 Å². The average molecular weight is 537 g/mol. The molecule has 4 rings (SSSR count). The third kappa shape index (κ3) is 5.87. The van der Waals surface area contributed by atoms with E-state index in [-0.39, 0.29) is 24.9 Å². The molecule has 1 fully saturated rings. The summed E-state index contributed by atoms with van der Waals surface area (Å²) in [6.07, 6.45) is -5.33. The summed E-state index contributed by atoms with van der Waals surface area (Å²) in [6, 6.07) is 4.76. The molecular weight excluding hydrogens is 511 g/mol. The van der Waals surface area contributed by atoms with E-state index in [1.165, 1.54) is 4.90 Å². The monoisotopic (exact) mass is 536 g/mol. The summed E-state index contributed by atoms with van der Waals surface area (Å²) in [7, 11) is 0. The summed E-state index contributed by atoms with van der Waals surface area (Å²) in [6.45, 7) is 5.31. The Hall–Kier alpha value is -3.74. The first-order chi connectivity index (χ1) is 18.0. The van der Waals surface area contributed by atoms with Crippen molar-refractivity contribution < 1.29 is 31.5 Å². The van der Waals surface area contributed by atoms with Crippen molar-refractivity contribution in [2.45, 2.75) is 51.6 Å². The Morgan fingerprint density at radius 2 is 1.89 bits per heavy atom. The van der Waals surface area contributed by atoms with Gasteiger partial charge in [-0.2, -0.15) is 13.2 Å². The zero-order chi connectivity index (χ0) is 27.6. The van der Waals surface area contributed by atoms with Gasteiger partial charge in [-0.25, -0.2) is 28.7 Å². The Bertz CT molecular complexity index is 1290. The Morgan fingerprint density at radius 1 is 1.18 bits per heavy atom. The second-order valence-electron chi connectivity index (χ2n) is 8.94. The second kappa shape index (κ2) is 10.9. The number of alkyl halides is 5. The highest BCUT2D eigenvalue weighted by Gasteiger charge is 2.38. The largest absolute Gasteiger partial charge is 0.417 e. The number of hydrogen-bond acceptors (Lipinski definition) is 7. The van der Waals surface area contributed by atoms with Crippen LogP contribution in [0.4, 0.5) is 27.8 Å². The van der Waals surface area contributed by atoms with Crippen LogP contribution in [0.1, 0.15) is 47.6 Å². The maximum atomic E-state index is 13.9. The number of carbonyl (C=O) groups excluding carboxylic acids is 1. The van der Waals surface area contributed by atoms with Gasteiger partial charge in [0.15, 0.2) is 5.82 Å². The second-order valence-corrected chi connectivity index (χ2v) is 8.94. The molecule has 8 nitrogen and oxygen atoms in total. The lowest BCUT2D eigenvalue weighted by Gasteiger charge is -2.43. The predicted octanol–water partition coefficient (Wildman–Crippen LogP) is 4.93. The van der Waals surface area contributed by atoms with Gasteiger partial charge in [0, 0.05) is 37.4 Å². The first kappa shape index (κ1) is 27.3. The number of ether oxygens (including phenoxy) is 1. The first-order valence-electron chi connectivity index (χ1n) is 11.8. The van der Waals surface area contributed by atoms with Gasteiger partial charge >= 0.3 is 6.18 Å². The van der Waals surface area contributed by atoms with Gasteiger partial charge in [-0.1, -0.05) is 0 Å². The van der Waals surface area contributed by atoms with E-state index in [4.69, 9.17) is 4.74 Å². The van der Waals surface area contributed by atoms with Crippen molar-refractivity contribution in [1.82, 2.24) is 24.8 Å².